The van der Waals surface area contributed by atoms with Crippen molar-refractivity contribution in [3.05, 3.63) is 21.4 Å². The third-order valence-corrected chi connectivity index (χ3v) is 5.82. The molecule has 3 rings (SSSR count). The molecule has 3 unspecified atom stereocenters. The first-order chi connectivity index (χ1) is 9.11. The molecule has 1 saturated carbocycles. The molecule has 0 spiro atoms. The Morgan fingerprint density at radius 2 is 2.11 bits per heavy atom. The lowest BCUT2D eigenvalue weighted by molar-refractivity contribution is 0.0941. The van der Waals surface area contributed by atoms with Crippen molar-refractivity contribution in [1.82, 2.24) is 5.32 Å². The van der Waals surface area contributed by atoms with E-state index in [2.05, 4.69) is 25.2 Å². The fourth-order valence-corrected chi connectivity index (χ4v) is 4.52. The summed E-state index contributed by atoms with van der Waals surface area (Å²) in [5, 5.41) is 3.22. The van der Waals surface area contributed by atoms with Crippen LogP contribution in [0.5, 0.6) is 0 Å². The van der Waals surface area contributed by atoms with Crippen LogP contribution in [-0.2, 0) is 12.8 Å². The molecule has 2 nitrogen and oxygen atoms in total. The van der Waals surface area contributed by atoms with E-state index >= 15 is 0 Å². The first-order valence-electron chi connectivity index (χ1n) is 7.54. The molecule has 2 aliphatic rings. The van der Waals surface area contributed by atoms with Crippen molar-refractivity contribution in [2.24, 2.45) is 11.8 Å². The molecular weight excluding hydrogens is 254 g/mol. The summed E-state index contributed by atoms with van der Waals surface area (Å²) in [6, 6.07) is 2.55. The van der Waals surface area contributed by atoms with Gasteiger partial charge in [-0.3, -0.25) is 4.79 Å². The van der Waals surface area contributed by atoms with Crippen LogP contribution in [0.15, 0.2) is 6.07 Å². The van der Waals surface area contributed by atoms with Gasteiger partial charge >= 0.3 is 0 Å². The van der Waals surface area contributed by atoms with Crippen molar-refractivity contribution >= 4 is 17.2 Å². The fraction of sp³-hybridized carbons (Fsp3) is 0.688. The maximum Gasteiger partial charge on any atom is 0.261 e. The molecule has 1 aromatic heterocycles. The number of carbonyl (C=O) groups excluding carboxylic acids is 1. The van der Waals surface area contributed by atoms with Gasteiger partial charge < -0.3 is 5.32 Å². The van der Waals surface area contributed by atoms with Crippen molar-refractivity contribution in [1.29, 1.82) is 0 Å². The van der Waals surface area contributed by atoms with Crippen molar-refractivity contribution in [2.45, 2.75) is 58.4 Å². The highest BCUT2D eigenvalue weighted by atomic mass is 32.1. The van der Waals surface area contributed by atoms with Crippen LogP contribution in [0.1, 0.15) is 59.6 Å². The van der Waals surface area contributed by atoms with E-state index in [1.807, 2.05) is 0 Å². The van der Waals surface area contributed by atoms with Crippen LogP contribution in [0.25, 0.3) is 0 Å². The first-order valence-corrected chi connectivity index (χ1v) is 8.36. The molecule has 19 heavy (non-hydrogen) atoms. The van der Waals surface area contributed by atoms with Crippen LogP contribution in [0.4, 0.5) is 0 Å². The van der Waals surface area contributed by atoms with Gasteiger partial charge in [-0.2, -0.15) is 0 Å². The highest BCUT2D eigenvalue weighted by Gasteiger charge is 2.25. The van der Waals surface area contributed by atoms with E-state index in [0.717, 1.165) is 42.4 Å². The molecule has 0 bridgehead atoms. The van der Waals surface area contributed by atoms with Gasteiger partial charge in [0.25, 0.3) is 5.91 Å². The fourth-order valence-electron chi connectivity index (χ4n) is 3.41. The molecule has 1 aromatic rings. The number of amides is 1. The summed E-state index contributed by atoms with van der Waals surface area (Å²) in [5.74, 6) is 1.70. The topological polar surface area (TPSA) is 29.1 Å². The average molecular weight is 277 g/mol. The second kappa shape index (κ2) is 5.28. The minimum absolute atomic E-state index is 0.158. The van der Waals surface area contributed by atoms with Crippen LogP contribution >= 0.6 is 11.3 Å². The molecule has 0 aromatic carbocycles. The summed E-state index contributed by atoms with van der Waals surface area (Å²) in [6.45, 7) is 4.58. The smallest absolute Gasteiger partial charge is 0.261 e. The number of nitrogens with one attached hydrogen (secondary N) is 1. The maximum absolute atomic E-state index is 12.3. The van der Waals surface area contributed by atoms with Crippen LogP contribution in [-0.4, -0.2) is 11.9 Å². The Kier molecular flexibility index (Phi) is 3.66. The molecule has 3 heteroatoms. The second-order valence-electron chi connectivity index (χ2n) is 6.50. The highest BCUT2D eigenvalue weighted by molar-refractivity contribution is 7.14. The van der Waals surface area contributed by atoms with Gasteiger partial charge in [0, 0.05) is 10.9 Å². The van der Waals surface area contributed by atoms with E-state index in [1.165, 1.54) is 23.3 Å². The molecule has 1 amide bonds. The zero-order chi connectivity index (χ0) is 13.4. The lowest BCUT2D eigenvalue weighted by atomic mass is 9.90. The molecule has 1 N–H and O–H groups in total. The molecule has 104 valence electrons. The van der Waals surface area contributed by atoms with E-state index in [4.69, 9.17) is 0 Å². The quantitative estimate of drug-likeness (QED) is 0.875. The highest BCUT2D eigenvalue weighted by Crippen LogP contribution is 2.32. The molecule has 3 atom stereocenters. The van der Waals surface area contributed by atoms with Gasteiger partial charge in [-0.15, -0.1) is 11.3 Å². The SMILES string of the molecule is CC1CCc2sc(C(=O)NC3CCC(C)C3)cc2C1. The number of carbonyl (C=O) groups is 1. The third-order valence-electron chi connectivity index (χ3n) is 4.58. The maximum atomic E-state index is 12.3. The summed E-state index contributed by atoms with van der Waals surface area (Å²) < 4.78 is 0. The van der Waals surface area contributed by atoms with Crippen molar-refractivity contribution < 1.29 is 4.79 Å². The van der Waals surface area contributed by atoms with Gasteiger partial charge in [0.2, 0.25) is 0 Å². The van der Waals surface area contributed by atoms with E-state index < -0.39 is 0 Å². The molecule has 2 aliphatic carbocycles. The number of thiophene rings is 1. The molecule has 0 radical (unpaired) electrons. The Bertz CT molecular complexity index is 479. The monoisotopic (exact) mass is 277 g/mol. The Balaban J connectivity index is 1.67. The second-order valence-corrected chi connectivity index (χ2v) is 7.63. The minimum atomic E-state index is 0.158. The molecule has 0 aliphatic heterocycles. The standard InChI is InChI=1S/C16H23NOS/c1-10-4-6-14-12(7-10)9-15(19-14)16(18)17-13-5-3-11(2)8-13/h9-11,13H,3-8H2,1-2H3,(H,17,18). The van der Waals surface area contributed by atoms with Gasteiger partial charge in [0.15, 0.2) is 0 Å². The number of fused-ring (bicyclic) bond motifs is 1. The Morgan fingerprint density at radius 3 is 2.84 bits per heavy atom. The van der Waals surface area contributed by atoms with Crippen molar-refractivity contribution in [3.8, 4) is 0 Å². The zero-order valence-electron chi connectivity index (χ0n) is 11.9. The Morgan fingerprint density at radius 1 is 1.26 bits per heavy atom. The Hall–Kier alpha value is -0.830. The molecular formula is C16H23NOS. The number of rotatable bonds is 2. The normalized spacial score (nSPS) is 30.1. The number of aryl methyl sites for hydroxylation is 1. The summed E-state index contributed by atoms with van der Waals surface area (Å²) in [7, 11) is 0. The molecule has 0 saturated heterocycles. The Labute approximate surface area is 119 Å². The van der Waals surface area contributed by atoms with Crippen LogP contribution in [0, 0.1) is 11.8 Å². The van der Waals surface area contributed by atoms with Gasteiger partial charge in [0.05, 0.1) is 4.88 Å². The first kappa shape index (κ1) is 13.2. The number of hydrogen-bond acceptors (Lipinski definition) is 2. The molecule has 1 heterocycles. The summed E-state index contributed by atoms with van der Waals surface area (Å²) in [5.41, 5.74) is 1.42. The lowest BCUT2D eigenvalue weighted by Crippen LogP contribution is -2.32. The van der Waals surface area contributed by atoms with Crippen molar-refractivity contribution in [3.63, 3.8) is 0 Å². The predicted molar refractivity (Wildman–Crippen MR) is 79.8 cm³/mol. The van der Waals surface area contributed by atoms with E-state index in [1.54, 1.807) is 11.3 Å². The third kappa shape index (κ3) is 2.86. The van der Waals surface area contributed by atoms with Gasteiger partial charge in [-0.1, -0.05) is 13.8 Å². The van der Waals surface area contributed by atoms with E-state index in [0.29, 0.717) is 6.04 Å². The van der Waals surface area contributed by atoms with Gasteiger partial charge in [-0.25, -0.2) is 0 Å². The van der Waals surface area contributed by atoms with Crippen LogP contribution < -0.4 is 5.32 Å². The summed E-state index contributed by atoms with van der Waals surface area (Å²) in [6.07, 6.45) is 7.13. The van der Waals surface area contributed by atoms with Crippen molar-refractivity contribution in [2.75, 3.05) is 0 Å². The summed E-state index contributed by atoms with van der Waals surface area (Å²) in [4.78, 5) is 14.7. The van der Waals surface area contributed by atoms with Gasteiger partial charge in [0.1, 0.15) is 0 Å². The summed E-state index contributed by atoms with van der Waals surface area (Å²) >= 11 is 1.72. The van der Waals surface area contributed by atoms with Gasteiger partial charge in [-0.05, 0) is 62.0 Å². The minimum Gasteiger partial charge on any atom is -0.349 e. The zero-order valence-corrected chi connectivity index (χ0v) is 12.7. The van der Waals surface area contributed by atoms with E-state index in [9.17, 15) is 4.79 Å². The number of hydrogen-bond donors (Lipinski definition) is 1. The molecule has 1 fully saturated rings. The largest absolute Gasteiger partial charge is 0.349 e. The predicted octanol–water partition coefficient (Wildman–Crippen LogP) is 3.79. The average Bonchev–Trinajstić information content (AvgIpc) is 2.95. The van der Waals surface area contributed by atoms with Crippen LogP contribution in [0.2, 0.25) is 0 Å². The van der Waals surface area contributed by atoms with Crippen LogP contribution in [0.3, 0.4) is 0 Å². The van der Waals surface area contributed by atoms with E-state index in [-0.39, 0.29) is 5.91 Å². The lowest BCUT2D eigenvalue weighted by Gasteiger charge is -2.16.